The molecule has 0 aliphatic rings. The van der Waals surface area contributed by atoms with E-state index in [0.717, 1.165) is 0 Å². The van der Waals surface area contributed by atoms with Gasteiger partial charge < -0.3 is 34.8 Å². The summed E-state index contributed by atoms with van der Waals surface area (Å²) < 4.78 is 17.8. The number of hydrogen-bond acceptors (Lipinski definition) is 2. The molecule has 0 heterocycles. The fourth-order valence-corrected chi connectivity index (χ4v) is 0.354. The molecule has 11 heteroatoms. The molecule has 0 spiro atoms. The highest BCUT2D eigenvalue weighted by Gasteiger charge is 2.00. The molecule has 0 radical (unpaired) electrons. The van der Waals surface area contributed by atoms with Crippen LogP contribution < -0.4 is 0 Å². The third kappa shape index (κ3) is 685. The molecular weight excluding hydrogens is 278 g/mol. The Morgan fingerprint density at radius 3 is 0.882 bits per heavy atom. The molecule has 0 aliphatic heterocycles. The number of rotatable bonds is 2. The molecule has 0 aromatic carbocycles. The largest absolute Gasteiger partial charge is 0.466 e. The molecule has 0 saturated heterocycles. The highest BCUT2D eigenvalue weighted by atomic mass is 31.2. The van der Waals surface area contributed by atoms with E-state index in [1.807, 2.05) is 0 Å². The quantitative estimate of drug-likeness (QED) is 0.389. The van der Waals surface area contributed by atoms with Gasteiger partial charge in [0.05, 0.1) is 0 Å². The minimum absolute atomic E-state index is 0. The van der Waals surface area contributed by atoms with Gasteiger partial charge >= 0.3 is 15.6 Å². The maximum atomic E-state index is 8.88. The maximum Gasteiger partial charge on any atom is 0.466 e. The molecule has 0 saturated carbocycles. The van der Waals surface area contributed by atoms with Crippen molar-refractivity contribution in [2.75, 3.05) is 0 Å². The minimum atomic E-state index is -4.64. The topological polar surface area (TPSA) is 187 Å². The third-order valence-electron chi connectivity index (χ3n) is 0.707. The molecule has 0 aromatic rings. The summed E-state index contributed by atoms with van der Waals surface area (Å²) in [5, 5.41) is 0. The van der Waals surface area contributed by atoms with Crippen molar-refractivity contribution >= 4 is 15.6 Å². The first kappa shape index (κ1) is 30.3. The van der Waals surface area contributed by atoms with Crippen LogP contribution in [0.5, 0.6) is 0 Å². The second-order valence-corrected chi connectivity index (χ2v) is 4.43. The molecule has 9 nitrogen and oxygen atoms in total. The average molecular weight is 302 g/mol. The van der Waals surface area contributed by atoms with Gasteiger partial charge in [-0.25, -0.2) is 9.13 Å². The highest BCUT2D eigenvalue weighted by Crippen LogP contribution is 2.26. The Hall–Kier alpha value is 0.180. The van der Waals surface area contributed by atoms with Gasteiger partial charge in [-0.2, -0.15) is 0 Å². The van der Waals surface area contributed by atoms with Gasteiger partial charge in [-0.15, -0.1) is 0 Å². The van der Waals surface area contributed by atoms with Crippen molar-refractivity contribution in [3.05, 3.63) is 0 Å². The van der Waals surface area contributed by atoms with Gasteiger partial charge in [0, 0.05) is 0 Å². The molecule has 0 unspecified atom stereocenters. The van der Waals surface area contributed by atoms with Crippen molar-refractivity contribution in [2.45, 2.75) is 40.5 Å². The van der Waals surface area contributed by atoms with Crippen LogP contribution >= 0.6 is 15.6 Å². The molecule has 17 heavy (non-hydrogen) atoms. The summed E-state index contributed by atoms with van der Waals surface area (Å²) in [6.07, 6.45) is 4.08. The SMILES string of the molecule is C.CCCCC.O.O=P(O)(O)O.O=P(O)(O)O. The lowest BCUT2D eigenvalue weighted by Crippen LogP contribution is -1.66. The van der Waals surface area contributed by atoms with Crippen molar-refractivity contribution in [3.8, 4) is 0 Å². The molecular formula is C6H24O9P2. The lowest BCUT2D eigenvalue weighted by molar-refractivity contribution is 0.272. The first-order valence-corrected chi connectivity index (χ1v) is 7.11. The Kier molecular flexibility index (Phi) is 28.9. The number of hydrogen-bond donors (Lipinski definition) is 6. The van der Waals surface area contributed by atoms with Gasteiger partial charge in [-0.1, -0.05) is 40.5 Å². The molecule has 0 fully saturated rings. The Balaban J connectivity index is -0.0000000400. The average Bonchev–Trinajstić information content (AvgIpc) is 1.80. The van der Waals surface area contributed by atoms with Gasteiger partial charge in [0.15, 0.2) is 0 Å². The zero-order valence-corrected chi connectivity index (χ0v) is 10.8. The zero-order valence-electron chi connectivity index (χ0n) is 9.02. The Labute approximate surface area is 101 Å². The van der Waals surface area contributed by atoms with Crippen LogP contribution in [0, 0.1) is 0 Å². The summed E-state index contributed by atoms with van der Waals surface area (Å²) in [4.78, 5) is 43.1. The zero-order chi connectivity index (χ0) is 13.1. The van der Waals surface area contributed by atoms with Crippen LogP contribution in [0.15, 0.2) is 0 Å². The van der Waals surface area contributed by atoms with Gasteiger partial charge in [-0.05, 0) is 0 Å². The predicted octanol–water partition coefficient (Wildman–Crippen LogP) is 0.151. The van der Waals surface area contributed by atoms with Crippen LogP contribution in [0.2, 0.25) is 0 Å². The second-order valence-electron chi connectivity index (χ2n) is 2.38. The third-order valence-corrected chi connectivity index (χ3v) is 0.707. The maximum absolute atomic E-state index is 8.88. The van der Waals surface area contributed by atoms with Gasteiger partial charge in [0.25, 0.3) is 0 Å². The summed E-state index contributed by atoms with van der Waals surface area (Å²) in [7, 11) is -9.28. The normalized spacial score (nSPS) is 9.41. The van der Waals surface area contributed by atoms with Crippen molar-refractivity contribution in [3.63, 3.8) is 0 Å². The first-order valence-electron chi connectivity index (χ1n) is 3.98. The second kappa shape index (κ2) is 16.2. The molecule has 0 amide bonds. The van der Waals surface area contributed by atoms with Gasteiger partial charge in [-0.3, -0.25) is 0 Å². The van der Waals surface area contributed by atoms with Gasteiger partial charge in [0.2, 0.25) is 0 Å². The Morgan fingerprint density at radius 1 is 0.765 bits per heavy atom. The molecule has 0 aromatic heterocycles. The van der Waals surface area contributed by atoms with E-state index in [1.54, 1.807) is 0 Å². The van der Waals surface area contributed by atoms with Crippen molar-refractivity contribution in [2.24, 2.45) is 0 Å². The highest BCUT2D eigenvalue weighted by molar-refractivity contribution is 7.45. The molecule has 0 bridgehead atoms. The van der Waals surface area contributed by atoms with E-state index in [4.69, 9.17) is 38.5 Å². The van der Waals surface area contributed by atoms with E-state index in [9.17, 15) is 0 Å². The minimum Gasteiger partial charge on any atom is -0.412 e. The summed E-state index contributed by atoms with van der Waals surface area (Å²) in [5.74, 6) is 0. The van der Waals surface area contributed by atoms with Crippen LogP contribution in [0.25, 0.3) is 0 Å². The lowest BCUT2D eigenvalue weighted by Gasteiger charge is -1.82. The summed E-state index contributed by atoms with van der Waals surface area (Å²) in [5.41, 5.74) is 0. The summed E-state index contributed by atoms with van der Waals surface area (Å²) >= 11 is 0. The van der Waals surface area contributed by atoms with Crippen LogP contribution in [-0.4, -0.2) is 34.8 Å². The van der Waals surface area contributed by atoms with E-state index >= 15 is 0 Å². The molecule has 0 atom stereocenters. The van der Waals surface area contributed by atoms with E-state index in [1.165, 1.54) is 19.3 Å². The van der Waals surface area contributed by atoms with E-state index in [-0.39, 0.29) is 12.9 Å². The van der Waals surface area contributed by atoms with Crippen LogP contribution in [-0.2, 0) is 9.13 Å². The van der Waals surface area contributed by atoms with Crippen molar-refractivity contribution in [1.82, 2.24) is 0 Å². The lowest BCUT2D eigenvalue weighted by atomic mass is 10.3. The molecule has 0 rings (SSSR count). The summed E-state index contributed by atoms with van der Waals surface area (Å²) in [6, 6.07) is 0. The van der Waals surface area contributed by atoms with E-state index < -0.39 is 15.6 Å². The number of unbranched alkanes of at least 4 members (excludes halogenated alkanes) is 2. The monoisotopic (exact) mass is 302 g/mol. The molecule has 0 aliphatic carbocycles. The van der Waals surface area contributed by atoms with Crippen molar-refractivity contribution < 1.29 is 44.0 Å². The van der Waals surface area contributed by atoms with Gasteiger partial charge in [0.1, 0.15) is 0 Å². The fourth-order valence-electron chi connectivity index (χ4n) is 0.354. The molecule has 112 valence electrons. The van der Waals surface area contributed by atoms with Crippen LogP contribution in [0.4, 0.5) is 0 Å². The van der Waals surface area contributed by atoms with E-state index in [0.29, 0.717) is 0 Å². The van der Waals surface area contributed by atoms with E-state index in [2.05, 4.69) is 13.8 Å². The molecule has 8 N–H and O–H groups in total. The first-order chi connectivity index (χ1) is 6.41. The van der Waals surface area contributed by atoms with Crippen LogP contribution in [0.1, 0.15) is 40.5 Å². The summed E-state index contributed by atoms with van der Waals surface area (Å²) in [6.45, 7) is 4.42. The Bertz CT molecular complexity index is 169. The fraction of sp³-hybridized carbons (Fsp3) is 1.00. The Morgan fingerprint density at radius 2 is 0.882 bits per heavy atom. The number of phosphoric acid groups is 2. The predicted molar refractivity (Wildman–Crippen MR) is 64.1 cm³/mol. The standard InChI is InChI=1S/C5H12.CH4.2H3O4P.H2O/c1-3-5-4-2;;2*1-5(2,3)4;/h3-5H2,1-2H3;1H4;2*(H3,1,2,3,4);1H2. The smallest absolute Gasteiger partial charge is 0.412 e. The van der Waals surface area contributed by atoms with Crippen LogP contribution in [0.3, 0.4) is 0 Å². The van der Waals surface area contributed by atoms with Crippen molar-refractivity contribution in [1.29, 1.82) is 0 Å².